The molecule has 0 heterocycles. The maximum Gasteiger partial charge on any atom is 0.307 e. The SMILES string of the molecule is CCOc1ccc(NC(=O)CCC(=O)NNC(=O)C2CCCCC2C(=O)O)cc1. The van der Waals surface area contributed by atoms with Gasteiger partial charge in [0.15, 0.2) is 0 Å². The lowest BCUT2D eigenvalue weighted by molar-refractivity contribution is -0.149. The second-order valence-electron chi connectivity index (χ2n) is 6.88. The molecule has 0 radical (unpaired) electrons. The summed E-state index contributed by atoms with van der Waals surface area (Å²) < 4.78 is 5.32. The first-order valence-electron chi connectivity index (χ1n) is 9.75. The van der Waals surface area contributed by atoms with Gasteiger partial charge in [0.05, 0.1) is 18.4 Å². The van der Waals surface area contributed by atoms with Gasteiger partial charge in [-0.1, -0.05) is 12.8 Å². The molecular formula is C20H27N3O6. The van der Waals surface area contributed by atoms with Gasteiger partial charge < -0.3 is 15.2 Å². The van der Waals surface area contributed by atoms with Crippen molar-refractivity contribution < 1.29 is 29.0 Å². The number of carboxylic acid groups (broad SMARTS) is 1. The van der Waals surface area contributed by atoms with E-state index in [1.165, 1.54) is 0 Å². The van der Waals surface area contributed by atoms with Gasteiger partial charge >= 0.3 is 5.97 Å². The van der Waals surface area contributed by atoms with E-state index in [1.54, 1.807) is 24.3 Å². The molecule has 2 unspecified atom stereocenters. The van der Waals surface area contributed by atoms with Gasteiger partial charge in [0.1, 0.15) is 5.75 Å². The number of carbonyl (C=O) groups excluding carboxylic acids is 3. The third-order valence-electron chi connectivity index (χ3n) is 4.77. The van der Waals surface area contributed by atoms with Gasteiger partial charge in [0.2, 0.25) is 17.7 Å². The zero-order chi connectivity index (χ0) is 21.2. The lowest BCUT2D eigenvalue weighted by Gasteiger charge is -2.27. The van der Waals surface area contributed by atoms with Crippen molar-refractivity contribution in [1.29, 1.82) is 0 Å². The number of hydrogen-bond donors (Lipinski definition) is 4. The minimum absolute atomic E-state index is 0.0594. The Kier molecular flexibility index (Phi) is 8.45. The summed E-state index contributed by atoms with van der Waals surface area (Å²) in [5.74, 6) is -3.07. The van der Waals surface area contributed by atoms with Gasteiger partial charge in [0.25, 0.3) is 0 Å². The molecule has 1 aliphatic carbocycles. The van der Waals surface area contributed by atoms with Crippen LogP contribution in [0.2, 0.25) is 0 Å². The van der Waals surface area contributed by atoms with Crippen LogP contribution >= 0.6 is 0 Å². The number of ether oxygens (including phenoxy) is 1. The fraction of sp³-hybridized carbons (Fsp3) is 0.500. The summed E-state index contributed by atoms with van der Waals surface area (Å²) in [7, 11) is 0. The Bertz CT molecular complexity index is 734. The van der Waals surface area contributed by atoms with Crippen molar-refractivity contribution in [3.63, 3.8) is 0 Å². The monoisotopic (exact) mass is 405 g/mol. The van der Waals surface area contributed by atoms with Crippen molar-refractivity contribution in [1.82, 2.24) is 10.9 Å². The summed E-state index contributed by atoms with van der Waals surface area (Å²) in [5.41, 5.74) is 5.12. The lowest BCUT2D eigenvalue weighted by atomic mass is 9.79. The Balaban J connectivity index is 1.71. The number of nitrogens with one attached hydrogen (secondary N) is 3. The number of carbonyl (C=O) groups is 4. The van der Waals surface area contributed by atoms with Gasteiger partial charge in [0, 0.05) is 18.5 Å². The van der Waals surface area contributed by atoms with E-state index in [1.807, 2.05) is 6.92 Å². The zero-order valence-electron chi connectivity index (χ0n) is 16.4. The van der Waals surface area contributed by atoms with Crippen LogP contribution in [0.15, 0.2) is 24.3 Å². The molecule has 0 aromatic heterocycles. The molecule has 1 aromatic rings. The molecule has 0 saturated heterocycles. The van der Waals surface area contributed by atoms with Crippen molar-refractivity contribution in [3.8, 4) is 5.75 Å². The molecule has 1 saturated carbocycles. The summed E-state index contributed by atoms with van der Waals surface area (Å²) >= 11 is 0. The van der Waals surface area contributed by atoms with E-state index < -0.39 is 29.6 Å². The number of carboxylic acids is 1. The van der Waals surface area contributed by atoms with E-state index in [0.717, 1.165) is 12.8 Å². The molecule has 9 nitrogen and oxygen atoms in total. The van der Waals surface area contributed by atoms with Crippen LogP contribution in [0.3, 0.4) is 0 Å². The molecule has 2 rings (SSSR count). The maximum atomic E-state index is 12.2. The Morgan fingerprint density at radius 3 is 2.21 bits per heavy atom. The quantitative estimate of drug-likeness (QED) is 0.488. The number of anilines is 1. The van der Waals surface area contributed by atoms with Crippen LogP contribution < -0.4 is 20.9 Å². The minimum atomic E-state index is -0.998. The number of amides is 3. The highest BCUT2D eigenvalue weighted by Crippen LogP contribution is 2.30. The molecule has 0 aliphatic heterocycles. The maximum absolute atomic E-state index is 12.2. The Morgan fingerprint density at radius 2 is 1.59 bits per heavy atom. The molecule has 9 heteroatoms. The molecule has 0 bridgehead atoms. The van der Waals surface area contributed by atoms with Gasteiger partial charge in [-0.2, -0.15) is 0 Å². The predicted octanol–water partition coefficient (Wildman–Crippen LogP) is 1.84. The number of hydrazine groups is 1. The molecule has 158 valence electrons. The van der Waals surface area contributed by atoms with Crippen LogP contribution in [0, 0.1) is 11.8 Å². The van der Waals surface area contributed by atoms with Crippen molar-refractivity contribution >= 4 is 29.4 Å². The molecule has 1 aromatic carbocycles. The predicted molar refractivity (Wildman–Crippen MR) is 105 cm³/mol. The minimum Gasteiger partial charge on any atom is -0.494 e. The standard InChI is InChI=1S/C20H27N3O6/c1-2-29-14-9-7-13(8-10-14)21-17(24)11-12-18(25)22-23-19(26)15-5-3-4-6-16(15)20(27)28/h7-10,15-16H,2-6,11-12H2,1H3,(H,21,24)(H,22,25)(H,23,26)(H,27,28). The normalized spacial score (nSPS) is 18.4. The highest BCUT2D eigenvalue weighted by atomic mass is 16.5. The van der Waals surface area contributed by atoms with Crippen LogP contribution in [0.5, 0.6) is 5.75 Å². The Morgan fingerprint density at radius 1 is 0.966 bits per heavy atom. The van der Waals surface area contributed by atoms with Gasteiger partial charge in [-0.15, -0.1) is 0 Å². The number of rotatable bonds is 8. The van der Waals surface area contributed by atoms with E-state index in [0.29, 0.717) is 30.9 Å². The average molecular weight is 405 g/mol. The Labute approximate surface area is 169 Å². The molecule has 29 heavy (non-hydrogen) atoms. The summed E-state index contributed by atoms with van der Waals surface area (Å²) in [4.78, 5) is 47.3. The highest BCUT2D eigenvalue weighted by molar-refractivity contribution is 5.93. The van der Waals surface area contributed by atoms with Crippen molar-refractivity contribution in [2.45, 2.75) is 45.4 Å². The van der Waals surface area contributed by atoms with Crippen LogP contribution in [-0.2, 0) is 19.2 Å². The first kappa shape index (κ1) is 22.2. The third-order valence-corrected chi connectivity index (χ3v) is 4.77. The molecule has 1 fully saturated rings. The highest BCUT2D eigenvalue weighted by Gasteiger charge is 2.35. The van der Waals surface area contributed by atoms with E-state index in [4.69, 9.17) is 4.74 Å². The summed E-state index contributed by atoms with van der Waals surface area (Å²) in [5, 5.41) is 11.9. The second-order valence-corrected chi connectivity index (χ2v) is 6.88. The largest absolute Gasteiger partial charge is 0.494 e. The van der Waals surface area contributed by atoms with Gasteiger partial charge in [-0.3, -0.25) is 30.0 Å². The van der Waals surface area contributed by atoms with Gasteiger partial charge in [-0.05, 0) is 44.0 Å². The molecular weight excluding hydrogens is 378 g/mol. The molecule has 2 atom stereocenters. The summed E-state index contributed by atoms with van der Waals surface area (Å²) in [6.07, 6.45) is 2.31. The van der Waals surface area contributed by atoms with Crippen LogP contribution in [0.25, 0.3) is 0 Å². The number of aliphatic carboxylic acids is 1. The summed E-state index contributed by atoms with van der Waals surface area (Å²) in [6.45, 7) is 2.43. The first-order chi connectivity index (χ1) is 13.9. The van der Waals surface area contributed by atoms with Crippen molar-refractivity contribution in [3.05, 3.63) is 24.3 Å². The van der Waals surface area contributed by atoms with E-state index in [9.17, 15) is 24.3 Å². The number of benzene rings is 1. The smallest absolute Gasteiger partial charge is 0.307 e. The topological polar surface area (TPSA) is 134 Å². The lowest BCUT2D eigenvalue weighted by Crippen LogP contribution is -2.48. The summed E-state index contributed by atoms with van der Waals surface area (Å²) in [6, 6.07) is 6.87. The average Bonchev–Trinajstić information content (AvgIpc) is 2.72. The fourth-order valence-electron chi connectivity index (χ4n) is 3.28. The van der Waals surface area contributed by atoms with Crippen LogP contribution in [0.4, 0.5) is 5.69 Å². The van der Waals surface area contributed by atoms with Crippen LogP contribution in [-0.4, -0.2) is 35.4 Å². The van der Waals surface area contributed by atoms with Crippen LogP contribution in [0.1, 0.15) is 45.4 Å². The number of hydrogen-bond acceptors (Lipinski definition) is 5. The van der Waals surface area contributed by atoms with E-state index in [2.05, 4.69) is 16.2 Å². The molecule has 3 amide bonds. The van der Waals surface area contributed by atoms with Crippen molar-refractivity contribution in [2.24, 2.45) is 11.8 Å². The van der Waals surface area contributed by atoms with E-state index >= 15 is 0 Å². The van der Waals surface area contributed by atoms with Gasteiger partial charge in [-0.25, -0.2) is 0 Å². The second kappa shape index (κ2) is 11.0. The van der Waals surface area contributed by atoms with Crippen molar-refractivity contribution in [2.75, 3.05) is 11.9 Å². The Hall–Kier alpha value is -3.10. The molecule has 4 N–H and O–H groups in total. The third kappa shape index (κ3) is 7.10. The fourth-order valence-corrected chi connectivity index (χ4v) is 3.28. The molecule has 1 aliphatic rings. The molecule has 0 spiro atoms. The zero-order valence-corrected chi connectivity index (χ0v) is 16.4. The van der Waals surface area contributed by atoms with E-state index in [-0.39, 0.29) is 18.7 Å². The first-order valence-corrected chi connectivity index (χ1v) is 9.75.